The Morgan fingerprint density at radius 3 is 2.50 bits per heavy atom. The van der Waals surface area contributed by atoms with Gasteiger partial charge in [0.25, 0.3) is 0 Å². The molecule has 0 aliphatic rings. The molecular formula is C13H17ClO3S. The fourth-order valence-electron chi connectivity index (χ4n) is 1.39. The molecule has 0 N–H and O–H groups in total. The maximum absolute atomic E-state index is 11.6. The van der Waals surface area contributed by atoms with Gasteiger partial charge in [0.1, 0.15) is 11.4 Å². The smallest absolute Gasteiger partial charge is 0.306 e. The van der Waals surface area contributed by atoms with Crippen LogP contribution < -0.4 is 0 Å². The van der Waals surface area contributed by atoms with Crippen LogP contribution in [0, 0.1) is 0 Å². The van der Waals surface area contributed by atoms with Crippen molar-refractivity contribution in [3.8, 4) is 0 Å². The molecule has 1 aromatic heterocycles. The zero-order valence-electron chi connectivity index (χ0n) is 10.8. The quantitative estimate of drug-likeness (QED) is 0.777. The minimum absolute atomic E-state index is 0.0234. The SMILES string of the molecule is CC(C)(C)OC(=O)CCC(=O)Cc1csc(Cl)c1. The van der Waals surface area contributed by atoms with Gasteiger partial charge >= 0.3 is 5.97 Å². The Bertz CT molecular complexity index is 432. The number of hydrogen-bond donors (Lipinski definition) is 0. The molecule has 0 saturated heterocycles. The second-order valence-electron chi connectivity index (χ2n) is 5.06. The van der Waals surface area contributed by atoms with Gasteiger partial charge < -0.3 is 4.74 Å². The molecule has 0 atom stereocenters. The fourth-order valence-corrected chi connectivity index (χ4v) is 2.30. The monoisotopic (exact) mass is 288 g/mol. The van der Waals surface area contributed by atoms with Crippen molar-refractivity contribution < 1.29 is 14.3 Å². The summed E-state index contributed by atoms with van der Waals surface area (Å²) in [5.41, 5.74) is 0.403. The van der Waals surface area contributed by atoms with Gasteiger partial charge in [-0.1, -0.05) is 11.6 Å². The largest absolute Gasteiger partial charge is 0.460 e. The van der Waals surface area contributed by atoms with E-state index in [1.807, 2.05) is 5.38 Å². The lowest BCUT2D eigenvalue weighted by Gasteiger charge is -2.19. The van der Waals surface area contributed by atoms with Gasteiger partial charge in [-0.15, -0.1) is 11.3 Å². The van der Waals surface area contributed by atoms with Crippen LogP contribution in [0.5, 0.6) is 0 Å². The number of rotatable bonds is 5. The number of hydrogen-bond acceptors (Lipinski definition) is 4. The first-order valence-corrected chi connectivity index (χ1v) is 6.98. The first kappa shape index (κ1) is 15.2. The van der Waals surface area contributed by atoms with Crippen molar-refractivity contribution >= 4 is 34.7 Å². The molecule has 5 heteroatoms. The molecule has 100 valence electrons. The summed E-state index contributed by atoms with van der Waals surface area (Å²) in [6.45, 7) is 5.42. The molecule has 0 spiro atoms. The van der Waals surface area contributed by atoms with Gasteiger partial charge in [-0.3, -0.25) is 9.59 Å². The van der Waals surface area contributed by atoms with Gasteiger partial charge in [-0.2, -0.15) is 0 Å². The number of ketones is 1. The van der Waals surface area contributed by atoms with E-state index in [2.05, 4.69) is 0 Å². The van der Waals surface area contributed by atoms with Crippen LogP contribution in [0.2, 0.25) is 4.34 Å². The Balaban J connectivity index is 2.31. The summed E-state index contributed by atoms with van der Waals surface area (Å²) >= 11 is 7.18. The number of esters is 1. The van der Waals surface area contributed by atoms with E-state index in [0.29, 0.717) is 10.8 Å². The van der Waals surface area contributed by atoms with Crippen LogP contribution in [-0.4, -0.2) is 17.4 Å². The third-order valence-corrected chi connectivity index (χ3v) is 3.19. The summed E-state index contributed by atoms with van der Waals surface area (Å²) in [7, 11) is 0. The highest BCUT2D eigenvalue weighted by molar-refractivity contribution is 7.14. The van der Waals surface area contributed by atoms with Crippen molar-refractivity contribution in [2.24, 2.45) is 0 Å². The molecule has 0 aliphatic carbocycles. The summed E-state index contributed by atoms with van der Waals surface area (Å²) in [5, 5.41) is 1.85. The van der Waals surface area contributed by atoms with E-state index in [1.165, 1.54) is 11.3 Å². The first-order chi connectivity index (χ1) is 8.26. The maximum Gasteiger partial charge on any atom is 0.306 e. The standard InChI is InChI=1S/C13H17ClO3S/c1-13(2,3)17-12(16)5-4-10(15)6-9-7-11(14)18-8-9/h7-8H,4-6H2,1-3H3. The zero-order valence-corrected chi connectivity index (χ0v) is 12.4. The Labute approximate surface area is 116 Å². The summed E-state index contributed by atoms with van der Waals surface area (Å²) in [4.78, 5) is 23.1. The number of halogens is 1. The molecule has 0 amide bonds. The highest BCUT2D eigenvalue weighted by Crippen LogP contribution is 2.20. The van der Waals surface area contributed by atoms with E-state index in [-0.39, 0.29) is 24.6 Å². The van der Waals surface area contributed by atoms with Crippen LogP contribution in [0.15, 0.2) is 11.4 Å². The van der Waals surface area contributed by atoms with E-state index >= 15 is 0 Å². The highest BCUT2D eigenvalue weighted by Gasteiger charge is 2.17. The number of carbonyl (C=O) groups excluding carboxylic acids is 2. The minimum Gasteiger partial charge on any atom is -0.460 e. The van der Waals surface area contributed by atoms with Gasteiger partial charge in [0.15, 0.2) is 0 Å². The van der Waals surface area contributed by atoms with Crippen LogP contribution >= 0.6 is 22.9 Å². The Kier molecular flexibility index (Phi) is 5.35. The third kappa shape index (κ3) is 6.17. The molecule has 0 radical (unpaired) electrons. The average molecular weight is 289 g/mol. The van der Waals surface area contributed by atoms with E-state index in [0.717, 1.165) is 5.56 Å². The lowest BCUT2D eigenvalue weighted by atomic mass is 10.1. The van der Waals surface area contributed by atoms with Crippen LogP contribution in [0.1, 0.15) is 39.2 Å². The van der Waals surface area contributed by atoms with Gasteiger partial charge in [-0.25, -0.2) is 0 Å². The fraction of sp³-hybridized carbons (Fsp3) is 0.538. The molecule has 0 bridgehead atoms. The van der Waals surface area contributed by atoms with Crippen LogP contribution in [0.4, 0.5) is 0 Å². The minimum atomic E-state index is -0.499. The van der Waals surface area contributed by atoms with Crippen LogP contribution in [0.25, 0.3) is 0 Å². The molecule has 1 aromatic rings. The average Bonchev–Trinajstić information content (AvgIpc) is 2.58. The molecule has 1 rings (SSSR count). The second-order valence-corrected chi connectivity index (χ2v) is 6.60. The summed E-state index contributed by atoms with van der Waals surface area (Å²) in [6, 6.07) is 1.78. The van der Waals surface area contributed by atoms with Crippen molar-refractivity contribution in [2.45, 2.75) is 45.6 Å². The van der Waals surface area contributed by atoms with Gasteiger partial charge in [0.2, 0.25) is 0 Å². The van der Waals surface area contributed by atoms with Gasteiger partial charge in [0.05, 0.1) is 10.8 Å². The maximum atomic E-state index is 11.6. The Morgan fingerprint density at radius 2 is 2.00 bits per heavy atom. The highest BCUT2D eigenvalue weighted by atomic mass is 35.5. The van der Waals surface area contributed by atoms with Crippen molar-refractivity contribution in [3.05, 3.63) is 21.3 Å². The molecule has 0 aromatic carbocycles. The number of ether oxygens (including phenoxy) is 1. The number of carbonyl (C=O) groups is 2. The molecular weight excluding hydrogens is 272 g/mol. The van der Waals surface area contributed by atoms with Crippen molar-refractivity contribution in [2.75, 3.05) is 0 Å². The van der Waals surface area contributed by atoms with Gasteiger partial charge in [-0.05, 0) is 37.8 Å². The third-order valence-electron chi connectivity index (χ3n) is 2.05. The zero-order chi connectivity index (χ0) is 13.8. The molecule has 0 saturated carbocycles. The second kappa shape index (κ2) is 6.34. The Morgan fingerprint density at radius 1 is 1.33 bits per heavy atom. The van der Waals surface area contributed by atoms with Crippen molar-refractivity contribution in [3.63, 3.8) is 0 Å². The summed E-state index contributed by atoms with van der Waals surface area (Å²) in [5.74, 6) is -0.311. The summed E-state index contributed by atoms with van der Waals surface area (Å²) < 4.78 is 5.80. The molecule has 18 heavy (non-hydrogen) atoms. The normalized spacial score (nSPS) is 11.3. The van der Waals surface area contributed by atoms with E-state index < -0.39 is 5.60 Å². The van der Waals surface area contributed by atoms with E-state index in [1.54, 1.807) is 26.8 Å². The van der Waals surface area contributed by atoms with E-state index in [9.17, 15) is 9.59 Å². The van der Waals surface area contributed by atoms with E-state index in [4.69, 9.17) is 16.3 Å². The molecule has 3 nitrogen and oxygen atoms in total. The number of thiophene rings is 1. The molecule has 0 fully saturated rings. The van der Waals surface area contributed by atoms with Crippen LogP contribution in [0.3, 0.4) is 0 Å². The lowest BCUT2D eigenvalue weighted by molar-refractivity contribution is -0.155. The van der Waals surface area contributed by atoms with Crippen molar-refractivity contribution in [1.29, 1.82) is 0 Å². The van der Waals surface area contributed by atoms with Crippen molar-refractivity contribution in [1.82, 2.24) is 0 Å². The molecule has 1 heterocycles. The predicted octanol–water partition coefficient (Wildman–Crippen LogP) is 3.64. The predicted molar refractivity (Wildman–Crippen MR) is 73.1 cm³/mol. The topological polar surface area (TPSA) is 43.4 Å². The molecule has 0 aliphatic heterocycles. The van der Waals surface area contributed by atoms with Gasteiger partial charge in [0, 0.05) is 12.8 Å². The summed E-state index contributed by atoms with van der Waals surface area (Å²) in [6.07, 6.45) is 0.669. The lowest BCUT2D eigenvalue weighted by Crippen LogP contribution is -2.24. The van der Waals surface area contributed by atoms with Crippen LogP contribution in [-0.2, 0) is 20.7 Å². The first-order valence-electron chi connectivity index (χ1n) is 5.73. The molecule has 0 unspecified atom stereocenters. The number of Topliss-reactive ketones (excluding diaryl/α,β-unsaturated/α-hetero) is 1. The Hall–Kier alpha value is -0.870.